The standard InChI is InChI=1S/C22H39N5O3/c1-16(17(2)28)27-22(30)26(15-23-27)20-5-3-18(4-6-20)24-11-13-25(14-12-24)19-7-9-21(29)10-8-19/h15-21,28-29H,3-14H2,1-2H3/t16-,17?,18?,19?,20?,21?/m0/s1. The molecule has 2 saturated carbocycles. The number of nitrogens with zero attached hydrogens (tertiary/aromatic N) is 5. The molecule has 3 fully saturated rings. The number of aromatic nitrogens is 3. The second kappa shape index (κ2) is 9.51. The minimum atomic E-state index is -0.598. The molecule has 1 unspecified atom stereocenters. The van der Waals surface area contributed by atoms with Crippen LogP contribution in [0.25, 0.3) is 0 Å². The minimum absolute atomic E-state index is 0.0763. The van der Waals surface area contributed by atoms with E-state index in [4.69, 9.17) is 0 Å². The lowest BCUT2D eigenvalue weighted by molar-refractivity contribution is 0.0236. The maximum atomic E-state index is 12.7. The largest absolute Gasteiger partial charge is 0.393 e. The van der Waals surface area contributed by atoms with Crippen LogP contribution in [0, 0.1) is 0 Å². The van der Waals surface area contributed by atoms with E-state index in [1.54, 1.807) is 17.8 Å². The van der Waals surface area contributed by atoms with Crippen molar-refractivity contribution in [2.24, 2.45) is 0 Å². The molecule has 1 aromatic heterocycles. The van der Waals surface area contributed by atoms with Crippen LogP contribution in [-0.2, 0) is 0 Å². The first-order valence-corrected chi connectivity index (χ1v) is 11.9. The van der Waals surface area contributed by atoms with Gasteiger partial charge in [0.15, 0.2) is 0 Å². The summed E-state index contributed by atoms with van der Waals surface area (Å²) in [5.74, 6) is 0. The van der Waals surface area contributed by atoms with Gasteiger partial charge in [-0.25, -0.2) is 9.48 Å². The zero-order chi connectivity index (χ0) is 21.3. The van der Waals surface area contributed by atoms with Crippen LogP contribution in [0.5, 0.6) is 0 Å². The summed E-state index contributed by atoms with van der Waals surface area (Å²) in [4.78, 5) is 18.0. The zero-order valence-electron chi connectivity index (χ0n) is 18.6. The highest BCUT2D eigenvalue weighted by molar-refractivity contribution is 4.89. The van der Waals surface area contributed by atoms with Crippen molar-refractivity contribution in [3.8, 4) is 0 Å². The maximum Gasteiger partial charge on any atom is 0.346 e. The SMILES string of the molecule is CC(O)[C@H](C)n1ncn(C2CCC(N3CCN(C4CCC(O)CC4)CC3)CC2)c1=O. The van der Waals surface area contributed by atoms with Gasteiger partial charge < -0.3 is 10.2 Å². The lowest BCUT2D eigenvalue weighted by atomic mass is 9.89. The Morgan fingerprint density at radius 2 is 1.33 bits per heavy atom. The average Bonchev–Trinajstić information content (AvgIpc) is 3.15. The monoisotopic (exact) mass is 421 g/mol. The van der Waals surface area contributed by atoms with Gasteiger partial charge in [-0.3, -0.25) is 14.4 Å². The van der Waals surface area contributed by atoms with E-state index >= 15 is 0 Å². The molecule has 0 spiro atoms. The van der Waals surface area contributed by atoms with E-state index in [1.807, 2.05) is 6.92 Å². The van der Waals surface area contributed by atoms with Crippen molar-refractivity contribution in [2.75, 3.05) is 26.2 Å². The second-order valence-corrected chi connectivity index (χ2v) is 9.74. The summed E-state index contributed by atoms with van der Waals surface area (Å²) in [6.07, 6.45) is 9.47. The molecule has 2 aliphatic carbocycles. The second-order valence-electron chi connectivity index (χ2n) is 9.74. The van der Waals surface area contributed by atoms with Gasteiger partial charge in [-0.15, -0.1) is 0 Å². The molecular weight excluding hydrogens is 382 g/mol. The van der Waals surface area contributed by atoms with Gasteiger partial charge in [0.05, 0.1) is 18.2 Å². The van der Waals surface area contributed by atoms with Crippen LogP contribution in [0.15, 0.2) is 11.1 Å². The molecule has 8 nitrogen and oxygen atoms in total. The van der Waals surface area contributed by atoms with Crippen LogP contribution in [0.1, 0.15) is 77.3 Å². The Kier molecular flexibility index (Phi) is 6.97. The predicted octanol–water partition coefficient (Wildman–Crippen LogP) is 1.39. The molecule has 1 saturated heterocycles. The smallest absolute Gasteiger partial charge is 0.346 e. The van der Waals surface area contributed by atoms with Crippen molar-refractivity contribution < 1.29 is 10.2 Å². The third kappa shape index (κ3) is 4.66. The summed E-state index contributed by atoms with van der Waals surface area (Å²) in [7, 11) is 0. The van der Waals surface area contributed by atoms with Crippen LogP contribution in [0.4, 0.5) is 0 Å². The zero-order valence-corrected chi connectivity index (χ0v) is 18.6. The highest BCUT2D eigenvalue weighted by atomic mass is 16.3. The van der Waals surface area contributed by atoms with Crippen molar-refractivity contribution in [1.29, 1.82) is 0 Å². The van der Waals surface area contributed by atoms with Crippen LogP contribution < -0.4 is 5.69 Å². The van der Waals surface area contributed by atoms with Gasteiger partial charge in [0.1, 0.15) is 6.33 Å². The van der Waals surface area contributed by atoms with Gasteiger partial charge in [-0.2, -0.15) is 5.10 Å². The Morgan fingerprint density at radius 3 is 1.83 bits per heavy atom. The first-order valence-electron chi connectivity index (χ1n) is 11.9. The van der Waals surface area contributed by atoms with E-state index < -0.39 is 6.10 Å². The highest BCUT2D eigenvalue weighted by Crippen LogP contribution is 2.31. The van der Waals surface area contributed by atoms with E-state index in [0.29, 0.717) is 12.1 Å². The molecule has 8 heteroatoms. The summed E-state index contributed by atoms with van der Waals surface area (Å²) < 4.78 is 3.20. The summed E-state index contributed by atoms with van der Waals surface area (Å²) in [5.41, 5.74) is -0.0990. The molecule has 0 amide bonds. The maximum absolute atomic E-state index is 12.7. The molecule has 2 N–H and O–H groups in total. The molecule has 1 aliphatic heterocycles. The Balaban J connectivity index is 1.26. The molecule has 0 radical (unpaired) electrons. The molecule has 2 atom stereocenters. The fraction of sp³-hybridized carbons (Fsp3) is 0.909. The number of rotatable bonds is 5. The number of hydrogen-bond donors (Lipinski definition) is 2. The van der Waals surface area contributed by atoms with Gasteiger partial charge in [-0.05, 0) is 65.2 Å². The minimum Gasteiger partial charge on any atom is -0.393 e. The first kappa shape index (κ1) is 22.0. The van der Waals surface area contributed by atoms with E-state index in [0.717, 1.165) is 77.5 Å². The van der Waals surface area contributed by atoms with Crippen molar-refractivity contribution in [3.05, 3.63) is 16.8 Å². The molecule has 2 heterocycles. The highest BCUT2D eigenvalue weighted by Gasteiger charge is 2.32. The van der Waals surface area contributed by atoms with Crippen LogP contribution in [0.3, 0.4) is 0 Å². The number of piperazine rings is 1. The van der Waals surface area contributed by atoms with Gasteiger partial charge in [0.25, 0.3) is 0 Å². The van der Waals surface area contributed by atoms with Crippen molar-refractivity contribution in [2.45, 2.75) is 102 Å². The normalized spacial score (nSPS) is 34.0. The quantitative estimate of drug-likeness (QED) is 0.747. The molecule has 170 valence electrons. The Labute approximate surface area is 179 Å². The molecule has 4 rings (SSSR count). The fourth-order valence-electron chi connectivity index (χ4n) is 5.66. The topological polar surface area (TPSA) is 86.8 Å². The predicted molar refractivity (Wildman–Crippen MR) is 116 cm³/mol. The van der Waals surface area contributed by atoms with Gasteiger partial charge >= 0.3 is 5.69 Å². The average molecular weight is 422 g/mol. The third-order valence-corrected chi connectivity index (χ3v) is 7.91. The lowest BCUT2D eigenvalue weighted by Crippen LogP contribution is -2.54. The van der Waals surface area contributed by atoms with Crippen molar-refractivity contribution in [1.82, 2.24) is 24.1 Å². The first-order chi connectivity index (χ1) is 14.4. The number of hydrogen-bond acceptors (Lipinski definition) is 6. The Morgan fingerprint density at radius 1 is 0.867 bits per heavy atom. The Bertz CT molecular complexity index is 723. The third-order valence-electron chi connectivity index (χ3n) is 7.91. The van der Waals surface area contributed by atoms with Crippen LogP contribution in [-0.4, -0.2) is 84.8 Å². The van der Waals surface area contributed by atoms with E-state index in [-0.39, 0.29) is 23.9 Å². The molecule has 1 aromatic rings. The van der Waals surface area contributed by atoms with E-state index in [2.05, 4.69) is 14.9 Å². The summed E-state index contributed by atoms with van der Waals surface area (Å²) in [6, 6.07) is 1.20. The van der Waals surface area contributed by atoms with Crippen LogP contribution >= 0.6 is 0 Å². The summed E-state index contributed by atoms with van der Waals surface area (Å²) in [6.45, 7) is 8.08. The molecule has 3 aliphatic rings. The molecule has 30 heavy (non-hydrogen) atoms. The lowest BCUT2D eigenvalue weighted by Gasteiger charge is -2.45. The number of aliphatic hydroxyl groups is 2. The molecular formula is C22H39N5O3. The van der Waals surface area contributed by atoms with Gasteiger partial charge in [0, 0.05) is 44.3 Å². The molecule has 0 bridgehead atoms. The molecule has 0 aromatic carbocycles. The van der Waals surface area contributed by atoms with Crippen molar-refractivity contribution in [3.63, 3.8) is 0 Å². The van der Waals surface area contributed by atoms with E-state index in [9.17, 15) is 15.0 Å². The fourth-order valence-corrected chi connectivity index (χ4v) is 5.66. The Hall–Kier alpha value is -1.22. The van der Waals surface area contributed by atoms with Gasteiger partial charge in [0.2, 0.25) is 0 Å². The van der Waals surface area contributed by atoms with Crippen LogP contribution in [0.2, 0.25) is 0 Å². The van der Waals surface area contributed by atoms with E-state index in [1.165, 1.54) is 4.68 Å². The number of aliphatic hydroxyl groups excluding tert-OH is 2. The van der Waals surface area contributed by atoms with Gasteiger partial charge in [-0.1, -0.05) is 0 Å². The summed E-state index contributed by atoms with van der Waals surface area (Å²) in [5, 5.41) is 23.8. The summed E-state index contributed by atoms with van der Waals surface area (Å²) >= 11 is 0. The van der Waals surface area contributed by atoms with Crippen molar-refractivity contribution >= 4 is 0 Å².